The summed E-state index contributed by atoms with van der Waals surface area (Å²) in [6.07, 6.45) is 3.30. The first kappa shape index (κ1) is 19.5. The minimum Gasteiger partial charge on any atom is -0.497 e. The summed E-state index contributed by atoms with van der Waals surface area (Å²) < 4.78 is 23.4. The molecule has 4 atom stereocenters. The number of methoxy groups -OCH3 is 4. The summed E-state index contributed by atoms with van der Waals surface area (Å²) in [6.45, 7) is 0. The summed E-state index contributed by atoms with van der Waals surface area (Å²) >= 11 is 0. The van der Waals surface area contributed by atoms with Gasteiger partial charge in [0.05, 0.1) is 14.2 Å². The number of benzene rings is 2. The van der Waals surface area contributed by atoms with E-state index in [1.54, 1.807) is 28.4 Å². The van der Waals surface area contributed by atoms with Crippen LogP contribution in [0.4, 0.5) is 0 Å². The van der Waals surface area contributed by atoms with Crippen molar-refractivity contribution in [2.45, 2.75) is 36.1 Å². The van der Waals surface area contributed by atoms with Gasteiger partial charge in [0.2, 0.25) is 5.79 Å². The van der Waals surface area contributed by atoms with Crippen molar-refractivity contribution in [3.8, 4) is 11.5 Å². The van der Waals surface area contributed by atoms with Crippen molar-refractivity contribution in [2.75, 3.05) is 28.4 Å². The highest BCUT2D eigenvalue weighted by Crippen LogP contribution is 2.75. The molecule has 0 aromatic heterocycles. The molecule has 2 saturated carbocycles. The van der Waals surface area contributed by atoms with Crippen molar-refractivity contribution in [2.24, 2.45) is 22.1 Å². The van der Waals surface area contributed by atoms with Gasteiger partial charge in [0.25, 0.3) is 0 Å². The molecule has 2 aliphatic carbocycles. The quantitative estimate of drug-likeness (QED) is 0.651. The summed E-state index contributed by atoms with van der Waals surface area (Å²) in [4.78, 5) is 0. The molecule has 1 heterocycles. The van der Waals surface area contributed by atoms with Crippen LogP contribution < -0.4 is 9.47 Å². The standard InChI is InChI=1S/C24H28N2O4/c1-27-18-12-8-16(9-13-18)22-20-6-5-7-21(20)23(26-25-22,24(22,29-3)30-4)17-10-14-19(28-2)15-11-17/h8-15,20-21H,5-7H2,1-4H3. The maximum absolute atomic E-state index is 6.33. The van der Waals surface area contributed by atoms with Gasteiger partial charge < -0.3 is 18.9 Å². The number of hydrogen-bond acceptors (Lipinski definition) is 6. The summed E-state index contributed by atoms with van der Waals surface area (Å²) in [5.74, 6) is 1.16. The van der Waals surface area contributed by atoms with Crippen LogP contribution in [0.25, 0.3) is 0 Å². The molecule has 2 bridgehead atoms. The fourth-order valence-corrected chi connectivity index (χ4v) is 6.50. The molecule has 0 spiro atoms. The molecule has 3 aliphatic rings. The molecule has 0 saturated heterocycles. The summed E-state index contributed by atoms with van der Waals surface area (Å²) in [5, 5.41) is 9.99. The first-order valence-corrected chi connectivity index (χ1v) is 10.5. The summed E-state index contributed by atoms with van der Waals surface area (Å²) in [6, 6.07) is 16.2. The van der Waals surface area contributed by atoms with Crippen molar-refractivity contribution >= 4 is 0 Å². The Hall–Kier alpha value is -2.44. The van der Waals surface area contributed by atoms with Gasteiger partial charge in [-0.2, -0.15) is 10.2 Å². The van der Waals surface area contributed by atoms with Crippen LogP contribution in [0, 0.1) is 11.8 Å². The SMILES string of the molecule is COc1ccc(C23N=NC(c4ccc(OC)cc4)(C4CCCC42)C3(OC)OC)cc1. The molecule has 0 N–H and O–H groups in total. The topological polar surface area (TPSA) is 61.6 Å². The molecule has 0 amide bonds. The van der Waals surface area contributed by atoms with Crippen molar-refractivity contribution in [1.82, 2.24) is 0 Å². The second-order valence-electron chi connectivity index (χ2n) is 8.36. The van der Waals surface area contributed by atoms with E-state index in [0.29, 0.717) is 0 Å². The lowest BCUT2D eigenvalue weighted by atomic mass is 9.74. The molecule has 2 fully saturated rings. The van der Waals surface area contributed by atoms with Crippen LogP contribution in [0.1, 0.15) is 30.4 Å². The average Bonchev–Trinajstić information content (AvgIpc) is 3.46. The van der Waals surface area contributed by atoms with Gasteiger partial charge in [-0.25, -0.2) is 0 Å². The Labute approximate surface area is 177 Å². The van der Waals surface area contributed by atoms with Gasteiger partial charge in [0.1, 0.15) is 11.5 Å². The van der Waals surface area contributed by atoms with Crippen LogP contribution in [0.15, 0.2) is 58.8 Å². The van der Waals surface area contributed by atoms with Crippen LogP contribution in [-0.2, 0) is 20.6 Å². The first-order valence-electron chi connectivity index (χ1n) is 10.5. The summed E-state index contributed by atoms with van der Waals surface area (Å²) in [7, 11) is 6.79. The Morgan fingerprint density at radius 3 is 1.40 bits per heavy atom. The average molecular weight is 408 g/mol. The Bertz CT molecular complexity index is 881. The molecule has 158 valence electrons. The van der Waals surface area contributed by atoms with Crippen molar-refractivity contribution < 1.29 is 18.9 Å². The minimum absolute atomic E-state index is 0.283. The lowest BCUT2D eigenvalue weighted by Gasteiger charge is -2.44. The predicted molar refractivity (Wildman–Crippen MR) is 112 cm³/mol. The highest BCUT2D eigenvalue weighted by atomic mass is 16.7. The van der Waals surface area contributed by atoms with E-state index in [0.717, 1.165) is 41.9 Å². The summed E-state index contributed by atoms with van der Waals surface area (Å²) in [5.41, 5.74) is 0.703. The predicted octanol–water partition coefficient (Wildman–Crippen LogP) is 4.68. The van der Waals surface area contributed by atoms with Gasteiger partial charge in [-0.05, 0) is 48.2 Å². The zero-order valence-electron chi connectivity index (χ0n) is 17.9. The number of hydrogen-bond donors (Lipinski definition) is 0. The molecular formula is C24H28N2O4. The number of fused-ring (bicyclic) bond motifs is 5. The van der Waals surface area contributed by atoms with E-state index in [1.807, 2.05) is 24.3 Å². The Morgan fingerprint density at radius 2 is 1.07 bits per heavy atom. The van der Waals surface area contributed by atoms with Crippen molar-refractivity contribution in [3.63, 3.8) is 0 Å². The lowest BCUT2D eigenvalue weighted by Crippen LogP contribution is -2.58. The molecule has 30 heavy (non-hydrogen) atoms. The largest absolute Gasteiger partial charge is 0.497 e. The third kappa shape index (κ3) is 2.06. The number of nitrogens with zero attached hydrogens (tertiary/aromatic N) is 2. The Morgan fingerprint density at radius 1 is 0.667 bits per heavy atom. The first-order chi connectivity index (χ1) is 14.6. The molecule has 2 aromatic rings. The fourth-order valence-electron chi connectivity index (χ4n) is 6.50. The van der Waals surface area contributed by atoms with E-state index in [4.69, 9.17) is 29.2 Å². The van der Waals surface area contributed by atoms with Gasteiger partial charge in [0.15, 0.2) is 11.1 Å². The van der Waals surface area contributed by atoms with Gasteiger partial charge in [-0.15, -0.1) is 0 Å². The van der Waals surface area contributed by atoms with E-state index in [2.05, 4.69) is 24.3 Å². The zero-order chi connectivity index (χ0) is 21.0. The van der Waals surface area contributed by atoms with Crippen LogP contribution in [0.3, 0.4) is 0 Å². The van der Waals surface area contributed by atoms with Gasteiger partial charge in [-0.3, -0.25) is 0 Å². The molecule has 1 aliphatic heterocycles. The second-order valence-corrected chi connectivity index (χ2v) is 8.36. The fraction of sp³-hybridized carbons (Fsp3) is 0.500. The minimum atomic E-state index is -1.03. The molecule has 0 radical (unpaired) electrons. The van der Waals surface area contributed by atoms with Gasteiger partial charge in [0, 0.05) is 26.1 Å². The number of ether oxygens (including phenoxy) is 4. The van der Waals surface area contributed by atoms with Gasteiger partial charge >= 0.3 is 0 Å². The van der Waals surface area contributed by atoms with E-state index >= 15 is 0 Å². The van der Waals surface area contributed by atoms with Gasteiger partial charge in [-0.1, -0.05) is 30.7 Å². The third-order valence-electron chi connectivity index (χ3n) is 7.59. The maximum atomic E-state index is 6.33. The van der Waals surface area contributed by atoms with Crippen LogP contribution >= 0.6 is 0 Å². The van der Waals surface area contributed by atoms with E-state index < -0.39 is 16.9 Å². The zero-order valence-corrected chi connectivity index (χ0v) is 17.9. The molecular weight excluding hydrogens is 380 g/mol. The Kier molecular flexibility index (Phi) is 4.42. The van der Waals surface area contributed by atoms with Crippen LogP contribution in [-0.4, -0.2) is 34.2 Å². The molecule has 4 unspecified atom stereocenters. The number of azo groups is 1. The second kappa shape index (κ2) is 6.79. The smallest absolute Gasteiger partial charge is 0.232 e. The lowest BCUT2D eigenvalue weighted by molar-refractivity contribution is -0.263. The van der Waals surface area contributed by atoms with Crippen LogP contribution in [0.5, 0.6) is 11.5 Å². The highest BCUT2D eigenvalue weighted by Gasteiger charge is 2.84. The van der Waals surface area contributed by atoms with E-state index in [9.17, 15) is 0 Å². The third-order valence-corrected chi connectivity index (χ3v) is 7.59. The van der Waals surface area contributed by atoms with Crippen LogP contribution in [0.2, 0.25) is 0 Å². The molecule has 6 heteroatoms. The van der Waals surface area contributed by atoms with E-state index in [-0.39, 0.29) is 11.8 Å². The van der Waals surface area contributed by atoms with Crippen molar-refractivity contribution in [1.29, 1.82) is 0 Å². The van der Waals surface area contributed by atoms with Crippen molar-refractivity contribution in [3.05, 3.63) is 59.7 Å². The maximum Gasteiger partial charge on any atom is 0.232 e. The normalized spacial score (nSPS) is 32.9. The highest BCUT2D eigenvalue weighted by molar-refractivity contribution is 5.48. The van der Waals surface area contributed by atoms with E-state index in [1.165, 1.54) is 0 Å². The number of rotatable bonds is 6. The monoisotopic (exact) mass is 408 g/mol. The molecule has 6 nitrogen and oxygen atoms in total. The molecule has 2 aromatic carbocycles. The molecule has 5 rings (SSSR count). The Balaban J connectivity index is 1.75.